The molecule has 18 heavy (non-hydrogen) atoms. The van der Waals surface area contributed by atoms with E-state index in [4.69, 9.17) is 17.3 Å². The smallest absolute Gasteiger partial charge is 0.253 e. The molecule has 1 aromatic rings. The van der Waals surface area contributed by atoms with Crippen molar-refractivity contribution in [1.29, 1.82) is 0 Å². The molecule has 0 spiro atoms. The lowest BCUT2D eigenvalue weighted by Crippen LogP contribution is -2.44. The molecule has 2 amide bonds. The summed E-state index contributed by atoms with van der Waals surface area (Å²) in [6, 6.07) is 4.00. The number of rotatable bonds is 3. The summed E-state index contributed by atoms with van der Waals surface area (Å²) in [7, 11) is 3.25. The second-order valence-corrected chi connectivity index (χ2v) is 4.57. The number of likely N-dealkylation sites (N-methyl/N-ethyl adjacent to an activating group) is 1. The van der Waals surface area contributed by atoms with Crippen LogP contribution in [0.2, 0.25) is 5.02 Å². The molecule has 0 heterocycles. The van der Waals surface area contributed by atoms with Crippen LogP contribution < -0.4 is 11.1 Å². The summed E-state index contributed by atoms with van der Waals surface area (Å²) < 4.78 is 0. The monoisotopic (exact) mass is 269 g/mol. The van der Waals surface area contributed by atoms with E-state index in [1.807, 2.05) is 0 Å². The average molecular weight is 270 g/mol. The van der Waals surface area contributed by atoms with Crippen molar-refractivity contribution in [2.24, 2.45) is 0 Å². The Morgan fingerprint density at radius 3 is 2.50 bits per heavy atom. The Hall–Kier alpha value is -1.75. The molecule has 6 heteroatoms. The number of amides is 2. The number of carbonyl (C=O) groups is 2. The maximum atomic E-state index is 11.9. The maximum absolute atomic E-state index is 11.9. The topological polar surface area (TPSA) is 75.4 Å². The number of nitrogens with one attached hydrogen (secondary N) is 1. The Morgan fingerprint density at radius 1 is 1.39 bits per heavy atom. The number of nitrogens with zero attached hydrogens (tertiary/aromatic N) is 1. The number of hydrogen-bond donors (Lipinski definition) is 2. The first-order valence-electron chi connectivity index (χ1n) is 5.40. The van der Waals surface area contributed by atoms with E-state index in [9.17, 15) is 9.59 Å². The minimum atomic E-state index is -0.610. The Morgan fingerprint density at radius 2 is 2.00 bits per heavy atom. The van der Waals surface area contributed by atoms with E-state index in [1.54, 1.807) is 27.1 Å². The third-order valence-corrected chi connectivity index (χ3v) is 2.71. The second kappa shape index (κ2) is 5.73. The van der Waals surface area contributed by atoms with Crippen molar-refractivity contribution >= 4 is 29.1 Å². The van der Waals surface area contributed by atoms with Crippen molar-refractivity contribution in [2.75, 3.05) is 19.8 Å². The molecule has 0 saturated carbocycles. The lowest BCUT2D eigenvalue weighted by atomic mass is 10.1. The van der Waals surface area contributed by atoms with Gasteiger partial charge in [0.05, 0.1) is 10.6 Å². The van der Waals surface area contributed by atoms with Crippen LogP contribution >= 0.6 is 11.6 Å². The molecule has 0 aromatic heterocycles. The first-order chi connectivity index (χ1) is 8.32. The van der Waals surface area contributed by atoms with Crippen LogP contribution in [0.1, 0.15) is 17.3 Å². The van der Waals surface area contributed by atoms with Crippen molar-refractivity contribution in [2.45, 2.75) is 13.0 Å². The van der Waals surface area contributed by atoms with Gasteiger partial charge in [-0.25, -0.2) is 0 Å². The van der Waals surface area contributed by atoms with Gasteiger partial charge in [-0.05, 0) is 25.1 Å². The van der Waals surface area contributed by atoms with E-state index in [2.05, 4.69) is 5.32 Å². The van der Waals surface area contributed by atoms with E-state index in [0.717, 1.165) is 0 Å². The number of hydrogen-bond acceptors (Lipinski definition) is 3. The highest BCUT2D eigenvalue weighted by Crippen LogP contribution is 2.19. The molecule has 0 aliphatic carbocycles. The van der Waals surface area contributed by atoms with Crippen LogP contribution in [-0.2, 0) is 4.79 Å². The van der Waals surface area contributed by atoms with E-state index >= 15 is 0 Å². The molecule has 1 atom stereocenters. The Bertz CT molecular complexity index is 474. The normalized spacial score (nSPS) is 11.8. The Kier molecular flexibility index (Phi) is 4.55. The molecular formula is C12H16ClN3O2. The zero-order valence-electron chi connectivity index (χ0n) is 10.5. The van der Waals surface area contributed by atoms with Gasteiger partial charge in [0.1, 0.15) is 6.04 Å². The first-order valence-corrected chi connectivity index (χ1v) is 5.77. The van der Waals surface area contributed by atoms with E-state index in [0.29, 0.717) is 11.3 Å². The third kappa shape index (κ3) is 3.37. The zero-order valence-corrected chi connectivity index (χ0v) is 11.3. The first kappa shape index (κ1) is 14.3. The highest BCUT2D eigenvalue weighted by Gasteiger charge is 2.19. The summed E-state index contributed by atoms with van der Waals surface area (Å²) >= 11 is 5.91. The van der Waals surface area contributed by atoms with Crippen molar-refractivity contribution in [1.82, 2.24) is 10.2 Å². The second-order valence-electron chi connectivity index (χ2n) is 4.17. The molecule has 1 rings (SSSR count). The number of halogens is 1. The molecule has 1 unspecified atom stereocenters. The van der Waals surface area contributed by atoms with E-state index in [-0.39, 0.29) is 10.9 Å². The minimum absolute atomic E-state index is 0.185. The van der Waals surface area contributed by atoms with Crippen molar-refractivity contribution in [3.63, 3.8) is 0 Å². The van der Waals surface area contributed by atoms with Gasteiger partial charge in [0, 0.05) is 19.8 Å². The largest absolute Gasteiger partial charge is 0.399 e. The summed E-state index contributed by atoms with van der Waals surface area (Å²) in [5.74, 6) is -0.586. The fourth-order valence-electron chi connectivity index (χ4n) is 1.44. The van der Waals surface area contributed by atoms with Crippen LogP contribution in [0, 0.1) is 0 Å². The van der Waals surface area contributed by atoms with Crippen LogP contribution in [-0.4, -0.2) is 36.9 Å². The fourth-order valence-corrected chi connectivity index (χ4v) is 1.71. The summed E-state index contributed by atoms with van der Waals surface area (Å²) in [5, 5.41) is 2.84. The van der Waals surface area contributed by atoms with Crippen molar-refractivity contribution in [3.8, 4) is 0 Å². The Labute approximate surface area is 111 Å². The lowest BCUT2D eigenvalue weighted by Gasteiger charge is -2.18. The maximum Gasteiger partial charge on any atom is 0.253 e. The number of carbonyl (C=O) groups excluding carboxylic acids is 2. The van der Waals surface area contributed by atoms with Crippen LogP contribution in [0.15, 0.2) is 18.2 Å². The van der Waals surface area contributed by atoms with Crippen molar-refractivity contribution in [3.05, 3.63) is 28.8 Å². The molecule has 0 fully saturated rings. The highest BCUT2D eigenvalue weighted by molar-refractivity contribution is 6.34. The average Bonchev–Trinajstić information content (AvgIpc) is 2.27. The van der Waals surface area contributed by atoms with Crippen LogP contribution in [0.4, 0.5) is 5.69 Å². The minimum Gasteiger partial charge on any atom is -0.399 e. The zero-order chi connectivity index (χ0) is 13.9. The van der Waals surface area contributed by atoms with E-state index < -0.39 is 11.9 Å². The molecule has 0 radical (unpaired) electrons. The molecule has 3 N–H and O–H groups in total. The number of nitrogens with two attached hydrogens (primary N) is 1. The third-order valence-electron chi connectivity index (χ3n) is 2.40. The summed E-state index contributed by atoms with van der Waals surface area (Å²) in [6.45, 7) is 1.62. The standard InChI is InChI=1S/C12H16ClN3O2/c1-7(12(18)16(2)3)15-11(17)9-5-4-8(14)6-10(9)13/h4-7H,14H2,1-3H3,(H,15,17). The van der Waals surface area contributed by atoms with Gasteiger partial charge in [-0.3, -0.25) is 9.59 Å². The van der Waals surface area contributed by atoms with Gasteiger partial charge < -0.3 is 16.0 Å². The van der Waals surface area contributed by atoms with Gasteiger partial charge in [0.15, 0.2) is 0 Å². The van der Waals surface area contributed by atoms with Gasteiger partial charge in [-0.1, -0.05) is 11.6 Å². The summed E-state index contributed by atoms with van der Waals surface area (Å²) in [5.41, 5.74) is 6.32. The molecular weight excluding hydrogens is 254 g/mol. The van der Waals surface area contributed by atoms with Crippen LogP contribution in [0.5, 0.6) is 0 Å². The molecule has 0 bridgehead atoms. The van der Waals surface area contributed by atoms with Gasteiger partial charge in [0.2, 0.25) is 5.91 Å². The van der Waals surface area contributed by atoms with Crippen LogP contribution in [0.3, 0.4) is 0 Å². The molecule has 0 aliphatic heterocycles. The number of anilines is 1. The molecule has 0 saturated heterocycles. The Balaban J connectivity index is 2.80. The summed E-state index contributed by atoms with van der Waals surface area (Å²) in [6.07, 6.45) is 0. The predicted molar refractivity (Wildman–Crippen MR) is 71.5 cm³/mol. The molecule has 5 nitrogen and oxygen atoms in total. The van der Waals surface area contributed by atoms with Gasteiger partial charge in [0.25, 0.3) is 5.91 Å². The SMILES string of the molecule is CC(NC(=O)c1ccc(N)cc1Cl)C(=O)N(C)C. The predicted octanol–water partition coefficient (Wildman–Crippen LogP) is 1.13. The summed E-state index contributed by atoms with van der Waals surface area (Å²) in [4.78, 5) is 24.9. The molecule has 98 valence electrons. The lowest BCUT2D eigenvalue weighted by molar-refractivity contribution is -0.130. The fraction of sp³-hybridized carbons (Fsp3) is 0.333. The van der Waals surface area contributed by atoms with Crippen molar-refractivity contribution < 1.29 is 9.59 Å². The quantitative estimate of drug-likeness (QED) is 0.808. The van der Waals surface area contributed by atoms with E-state index in [1.165, 1.54) is 17.0 Å². The molecule has 0 aliphatic rings. The van der Waals surface area contributed by atoms with Crippen LogP contribution in [0.25, 0.3) is 0 Å². The van der Waals surface area contributed by atoms with Gasteiger partial charge in [-0.15, -0.1) is 0 Å². The number of nitrogen functional groups attached to an aromatic ring is 1. The molecule has 1 aromatic carbocycles. The number of benzene rings is 1. The van der Waals surface area contributed by atoms with Gasteiger partial charge in [-0.2, -0.15) is 0 Å². The highest BCUT2D eigenvalue weighted by atomic mass is 35.5. The van der Waals surface area contributed by atoms with Gasteiger partial charge >= 0.3 is 0 Å².